The first-order valence-corrected chi connectivity index (χ1v) is 10.7. The second kappa shape index (κ2) is 8.29. The number of hydrogen-bond acceptors (Lipinski definition) is 5. The Morgan fingerprint density at radius 1 is 1.21 bits per heavy atom. The van der Waals surface area contributed by atoms with Crippen molar-refractivity contribution < 1.29 is 14.3 Å². The molecular weight excluding hydrogens is 386 g/mol. The summed E-state index contributed by atoms with van der Waals surface area (Å²) in [5.41, 5.74) is 3.16. The van der Waals surface area contributed by atoms with Crippen LogP contribution >= 0.6 is 11.3 Å². The van der Waals surface area contributed by atoms with Crippen molar-refractivity contribution in [2.75, 3.05) is 13.2 Å². The lowest BCUT2D eigenvalue weighted by Gasteiger charge is -2.23. The van der Waals surface area contributed by atoms with Gasteiger partial charge in [-0.15, -0.1) is 11.3 Å². The second-order valence-electron chi connectivity index (χ2n) is 7.50. The van der Waals surface area contributed by atoms with E-state index in [9.17, 15) is 4.79 Å². The number of benzene rings is 1. The van der Waals surface area contributed by atoms with E-state index in [1.165, 1.54) is 0 Å². The van der Waals surface area contributed by atoms with Crippen molar-refractivity contribution >= 4 is 17.2 Å². The summed E-state index contributed by atoms with van der Waals surface area (Å²) in [6, 6.07) is 9.72. The SMILES string of the molecule is Cc1c(C(=O)NC(c2ccc3c(c2)OCCCO3)C(C)C)n[nH]c1-c1cccs1. The molecule has 7 heteroatoms. The summed E-state index contributed by atoms with van der Waals surface area (Å²) in [5, 5.41) is 12.5. The summed E-state index contributed by atoms with van der Waals surface area (Å²) in [4.78, 5) is 14.1. The number of fused-ring (bicyclic) bond motifs is 1. The predicted molar refractivity (Wildman–Crippen MR) is 114 cm³/mol. The topological polar surface area (TPSA) is 76.2 Å². The number of ether oxygens (including phenoxy) is 2. The van der Waals surface area contributed by atoms with Crippen LogP contribution in [0.25, 0.3) is 10.6 Å². The van der Waals surface area contributed by atoms with E-state index in [-0.39, 0.29) is 17.9 Å². The molecule has 0 fully saturated rings. The average Bonchev–Trinajstić information content (AvgIpc) is 3.29. The first-order valence-electron chi connectivity index (χ1n) is 9.84. The van der Waals surface area contributed by atoms with E-state index in [2.05, 4.69) is 29.4 Å². The summed E-state index contributed by atoms with van der Waals surface area (Å²) in [6.07, 6.45) is 0.860. The molecule has 2 N–H and O–H groups in total. The molecule has 152 valence electrons. The van der Waals surface area contributed by atoms with E-state index >= 15 is 0 Å². The molecule has 0 spiro atoms. The minimum atomic E-state index is -0.188. The van der Waals surface area contributed by atoms with Gasteiger partial charge in [0.05, 0.1) is 29.8 Å². The minimum absolute atomic E-state index is 0.166. The molecule has 0 saturated heterocycles. The number of H-pyrrole nitrogens is 1. The number of aromatic amines is 1. The minimum Gasteiger partial charge on any atom is -0.490 e. The number of carbonyl (C=O) groups excluding carboxylic acids is 1. The van der Waals surface area contributed by atoms with Crippen molar-refractivity contribution in [2.45, 2.75) is 33.2 Å². The van der Waals surface area contributed by atoms with Crippen molar-refractivity contribution in [3.8, 4) is 22.1 Å². The fourth-order valence-electron chi connectivity index (χ4n) is 3.50. The number of rotatable bonds is 5. The van der Waals surface area contributed by atoms with Gasteiger partial charge in [0.2, 0.25) is 0 Å². The molecule has 4 rings (SSSR count). The zero-order valence-corrected chi connectivity index (χ0v) is 17.6. The van der Waals surface area contributed by atoms with Gasteiger partial charge < -0.3 is 14.8 Å². The maximum atomic E-state index is 13.0. The van der Waals surface area contributed by atoms with E-state index < -0.39 is 0 Å². The van der Waals surface area contributed by atoms with Gasteiger partial charge in [-0.2, -0.15) is 5.10 Å². The van der Waals surface area contributed by atoms with Gasteiger partial charge in [-0.1, -0.05) is 26.0 Å². The Bertz CT molecular complexity index is 995. The Labute approximate surface area is 174 Å². The molecule has 3 heterocycles. The van der Waals surface area contributed by atoms with E-state index in [0.717, 1.165) is 39.6 Å². The number of aromatic nitrogens is 2. The third-order valence-corrected chi connectivity index (χ3v) is 5.96. The van der Waals surface area contributed by atoms with Crippen LogP contribution in [0.15, 0.2) is 35.7 Å². The monoisotopic (exact) mass is 411 g/mol. The lowest BCUT2D eigenvalue weighted by Crippen LogP contribution is -2.32. The number of amides is 1. The highest BCUT2D eigenvalue weighted by molar-refractivity contribution is 7.13. The maximum absolute atomic E-state index is 13.0. The highest BCUT2D eigenvalue weighted by Crippen LogP contribution is 2.34. The molecule has 1 amide bonds. The molecule has 1 atom stereocenters. The lowest BCUT2D eigenvalue weighted by atomic mass is 9.95. The summed E-state index contributed by atoms with van der Waals surface area (Å²) < 4.78 is 11.5. The third kappa shape index (κ3) is 4.00. The summed E-state index contributed by atoms with van der Waals surface area (Å²) in [5.74, 6) is 1.49. The molecule has 1 aromatic carbocycles. The summed E-state index contributed by atoms with van der Waals surface area (Å²) >= 11 is 1.62. The second-order valence-corrected chi connectivity index (χ2v) is 8.45. The molecular formula is C22H25N3O3S. The number of carbonyl (C=O) groups is 1. The van der Waals surface area contributed by atoms with Crippen LogP contribution in [0.4, 0.5) is 0 Å². The van der Waals surface area contributed by atoms with E-state index in [0.29, 0.717) is 18.9 Å². The number of thiophene rings is 1. The Morgan fingerprint density at radius 2 is 2.00 bits per heavy atom. The van der Waals surface area contributed by atoms with Crippen LogP contribution in [-0.4, -0.2) is 29.3 Å². The molecule has 0 bridgehead atoms. The zero-order valence-electron chi connectivity index (χ0n) is 16.8. The van der Waals surface area contributed by atoms with Gasteiger partial charge in [-0.05, 0) is 42.0 Å². The fraction of sp³-hybridized carbons (Fsp3) is 0.364. The standard InChI is InChI=1S/C22H25N3O3S/c1-13(2)19(15-7-8-16-17(12-15)28-10-5-9-27-16)23-22(26)21-14(3)20(24-25-21)18-6-4-11-29-18/h4,6-8,11-13,19H,5,9-10H2,1-3H3,(H,23,26)(H,24,25). The van der Waals surface area contributed by atoms with Gasteiger partial charge in [0.15, 0.2) is 17.2 Å². The highest BCUT2D eigenvalue weighted by atomic mass is 32.1. The van der Waals surface area contributed by atoms with Gasteiger partial charge in [-0.3, -0.25) is 9.89 Å². The number of nitrogens with one attached hydrogen (secondary N) is 2. The van der Waals surface area contributed by atoms with Crippen molar-refractivity contribution in [3.63, 3.8) is 0 Å². The Kier molecular flexibility index (Phi) is 5.58. The van der Waals surface area contributed by atoms with Crippen LogP contribution in [0.2, 0.25) is 0 Å². The van der Waals surface area contributed by atoms with Crippen LogP contribution in [0.3, 0.4) is 0 Å². The van der Waals surface area contributed by atoms with Crippen molar-refractivity contribution in [1.29, 1.82) is 0 Å². The van der Waals surface area contributed by atoms with Gasteiger partial charge in [0.25, 0.3) is 5.91 Å². The maximum Gasteiger partial charge on any atom is 0.272 e. The van der Waals surface area contributed by atoms with Crippen LogP contribution in [0.1, 0.15) is 47.9 Å². The molecule has 29 heavy (non-hydrogen) atoms. The predicted octanol–water partition coefficient (Wildman–Crippen LogP) is 4.74. The van der Waals surface area contributed by atoms with Crippen molar-refractivity contribution in [3.05, 3.63) is 52.5 Å². The Hall–Kier alpha value is -2.80. The van der Waals surface area contributed by atoms with Crippen LogP contribution < -0.4 is 14.8 Å². The molecule has 6 nitrogen and oxygen atoms in total. The first kappa shape index (κ1) is 19.5. The van der Waals surface area contributed by atoms with Gasteiger partial charge in [0.1, 0.15) is 0 Å². The number of hydrogen-bond donors (Lipinski definition) is 2. The van der Waals surface area contributed by atoms with Crippen LogP contribution in [0.5, 0.6) is 11.5 Å². The molecule has 0 saturated carbocycles. The van der Waals surface area contributed by atoms with Crippen LogP contribution in [-0.2, 0) is 0 Å². The Morgan fingerprint density at radius 3 is 2.72 bits per heavy atom. The third-order valence-electron chi connectivity index (χ3n) is 5.08. The van der Waals surface area contributed by atoms with Gasteiger partial charge in [-0.25, -0.2) is 0 Å². The zero-order chi connectivity index (χ0) is 20.4. The molecule has 0 radical (unpaired) electrons. The van der Waals surface area contributed by atoms with E-state index in [1.807, 2.05) is 42.6 Å². The molecule has 1 aliphatic rings. The summed E-state index contributed by atoms with van der Waals surface area (Å²) in [6.45, 7) is 7.38. The van der Waals surface area contributed by atoms with Gasteiger partial charge in [0, 0.05) is 12.0 Å². The van der Waals surface area contributed by atoms with Crippen molar-refractivity contribution in [1.82, 2.24) is 15.5 Å². The first-order chi connectivity index (χ1) is 14.0. The largest absolute Gasteiger partial charge is 0.490 e. The van der Waals surface area contributed by atoms with Crippen LogP contribution in [0, 0.1) is 12.8 Å². The molecule has 1 aliphatic heterocycles. The average molecular weight is 412 g/mol. The molecule has 2 aromatic heterocycles. The van der Waals surface area contributed by atoms with Gasteiger partial charge >= 0.3 is 0 Å². The lowest BCUT2D eigenvalue weighted by molar-refractivity contribution is 0.0919. The normalized spacial score (nSPS) is 14.5. The quantitative estimate of drug-likeness (QED) is 0.636. The van der Waals surface area contributed by atoms with E-state index in [1.54, 1.807) is 11.3 Å². The smallest absolute Gasteiger partial charge is 0.272 e. The van der Waals surface area contributed by atoms with Crippen molar-refractivity contribution in [2.24, 2.45) is 5.92 Å². The Balaban J connectivity index is 1.58. The molecule has 3 aromatic rings. The number of nitrogens with zero attached hydrogens (tertiary/aromatic N) is 1. The highest BCUT2D eigenvalue weighted by Gasteiger charge is 2.24. The summed E-state index contributed by atoms with van der Waals surface area (Å²) in [7, 11) is 0. The fourth-order valence-corrected chi connectivity index (χ4v) is 4.27. The molecule has 0 aliphatic carbocycles. The molecule has 1 unspecified atom stereocenters. The van der Waals surface area contributed by atoms with E-state index in [4.69, 9.17) is 9.47 Å².